The van der Waals surface area contributed by atoms with Crippen LogP contribution in [0.1, 0.15) is 24.1 Å². The van der Waals surface area contributed by atoms with Crippen LogP contribution in [-0.2, 0) is 10.0 Å². The van der Waals surface area contributed by atoms with Crippen molar-refractivity contribution in [2.75, 3.05) is 20.2 Å². The number of benzene rings is 1. The van der Waals surface area contributed by atoms with Gasteiger partial charge in [-0.05, 0) is 50.5 Å². The first kappa shape index (κ1) is 18.6. The molecule has 0 amide bonds. The standard InChI is InChI=1S/C18H23N3O4S/c1-13-4-6-16(24-3)17(12-13)26(22,23)21-10-8-15(9-11-21)25-18-7-5-14(2)19-20-18/h4-7,12,15H,8-11H2,1-3H3. The van der Waals surface area contributed by atoms with E-state index in [1.165, 1.54) is 11.4 Å². The van der Waals surface area contributed by atoms with Crippen LogP contribution in [-0.4, -0.2) is 49.2 Å². The summed E-state index contributed by atoms with van der Waals surface area (Å²) in [4.78, 5) is 0.212. The maximum Gasteiger partial charge on any atom is 0.246 e. The molecule has 1 aliphatic heterocycles. The highest BCUT2D eigenvalue weighted by Gasteiger charge is 2.32. The van der Waals surface area contributed by atoms with E-state index in [9.17, 15) is 8.42 Å². The Labute approximate surface area is 154 Å². The van der Waals surface area contributed by atoms with Crippen LogP contribution in [0.2, 0.25) is 0 Å². The van der Waals surface area contributed by atoms with Crippen LogP contribution in [0, 0.1) is 13.8 Å². The molecule has 2 heterocycles. The molecular weight excluding hydrogens is 354 g/mol. The van der Waals surface area contributed by atoms with Crippen LogP contribution in [0.15, 0.2) is 35.2 Å². The number of ether oxygens (including phenoxy) is 2. The molecule has 26 heavy (non-hydrogen) atoms. The van der Waals surface area contributed by atoms with E-state index in [1.54, 1.807) is 18.2 Å². The van der Waals surface area contributed by atoms with E-state index in [0.717, 1.165) is 11.3 Å². The van der Waals surface area contributed by atoms with Gasteiger partial charge in [-0.1, -0.05) is 6.07 Å². The number of hydrogen-bond acceptors (Lipinski definition) is 6. The maximum atomic E-state index is 13.0. The zero-order valence-electron chi connectivity index (χ0n) is 15.2. The van der Waals surface area contributed by atoms with Gasteiger partial charge in [-0.25, -0.2) is 8.42 Å². The van der Waals surface area contributed by atoms with Gasteiger partial charge in [0.05, 0.1) is 12.8 Å². The molecule has 7 nitrogen and oxygen atoms in total. The lowest BCUT2D eigenvalue weighted by molar-refractivity contribution is 0.128. The molecule has 1 saturated heterocycles. The van der Waals surface area contributed by atoms with E-state index in [2.05, 4.69) is 10.2 Å². The fourth-order valence-corrected chi connectivity index (χ4v) is 4.65. The molecule has 0 radical (unpaired) electrons. The lowest BCUT2D eigenvalue weighted by Crippen LogP contribution is -2.41. The lowest BCUT2D eigenvalue weighted by Gasteiger charge is -2.31. The molecule has 1 aliphatic rings. The highest BCUT2D eigenvalue weighted by molar-refractivity contribution is 7.89. The molecule has 1 aromatic carbocycles. The normalized spacial score (nSPS) is 16.4. The molecular formula is C18H23N3O4S. The fourth-order valence-electron chi connectivity index (χ4n) is 2.94. The summed E-state index contributed by atoms with van der Waals surface area (Å²) in [6.07, 6.45) is 1.13. The van der Waals surface area contributed by atoms with Crippen molar-refractivity contribution in [1.82, 2.24) is 14.5 Å². The van der Waals surface area contributed by atoms with E-state index in [4.69, 9.17) is 9.47 Å². The number of aromatic nitrogens is 2. The Morgan fingerprint density at radius 3 is 2.42 bits per heavy atom. The second-order valence-electron chi connectivity index (χ2n) is 6.39. The number of aryl methyl sites for hydroxylation is 2. The molecule has 1 fully saturated rings. The van der Waals surface area contributed by atoms with Crippen molar-refractivity contribution in [3.05, 3.63) is 41.6 Å². The topological polar surface area (TPSA) is 81.6 Å². The van der Waals surface area contributed by atoms with Gasteiger partial charge in [0.25, 0.3) is 0 Å². The predicted octanol–water partition coefficient (Wildman–Crippen LogP) is 2.33. The zero-order valence-corrected chi connectivity index (χ0v) is 16.0. The first-order chi connectivity index (χ1) is 12.4. The number of sulfonamides is 1. The molecule has 1 aromatic heterocycles. The Morgan fingerprint density at radius 1 is 1.08 bits per heavy atom. The summed E-state index contributed by atoms with van der Waals surface area (Å²) in [5, 5.41) is 7.97. The lowest BCUT2D eigenvalue weighted by atomic mass is 10.1. The van der Waals surface area contributed by atoms with Crippen LogP contribution >= 0.6 is 0 Å². The van der Waals surface area contributed by atoms with Crippen molar-refractivity contribution >= 4 is 10.0 Å². The van der Waals surface area contributed by atoms with Gasteiger partial charge in [0.2, 0.25) is 15.9 Å². The smallest absolute Gasteiger partial charge is 0.246 e. The van der Waals surface area contributed by atoms with Crippen molar-refractivity contribution in [2.24, 2.45) is 0 Å². The van der Waals surface area contributed by atoms with Crippen molar-refractivity contribution in [1.29, 1.82) is 0 Å². The molecule has 0 aliphatic carbocycles. The number of methoxy groups -OCH3 is 1. The molecule has 0 atom stereocenters. The first-order valence-electron chi connectivity index (χ1n) is 8.52. The molecule has 140 valence electrons. The number of hydrogen-bond donors (Lipinski definition) is 0. The molecule has 8 heteroatoms. The minimum Gasteiger partial charge on any atom is -0.495 e. The maximum absolute atomic E-state index is 13.0. The molecule has 2 aromatic rings. The highest BCUT2D eigenvalue weighted by atomic mass is 32.2. The Hall–Kier alpha value is -2.19. The largest absolute Gasteiger partial charge is 0.495 e. The quantitative estimate of drug-likeness (QED) is 0.795. The van der Waals surface area contributed by atoms with Crippen LogP contribution in [0.3, 0.4) is 0 Å². The third-order valence-electron chi connectivity index (χ3n) is 4.40. The summed E-state index contributed by atoms with van der Waals surface area (Å²) in [6, 6.07) is 8.79. The van der Waals surface area contributed by atoms with E-state index in [0.29, 0.717) is 37.6 Å². The van der Waals surface area contributed by atoms with Gasteiger partial charge in [0, 0.05) is 19.2 Å². The van der Waals surface area contributed by atoms with Gasteiger partial charge in [-0.2, -0.15) is 9.40 Å². The van der Waals surface area contributed by atoms with E-state index in [-0.39, 0.29) is 11.0 Å². The van der Waals surface area contributed by atoms with Crippen LogP contribution in [0.5, 0.6) is 11.6 Å². The average molecular weight is 377 g/mol. The second-order valence-corrected chi connectivity index (χ2v) is 8.29. The highest BCUT2D eigenvalue weighted by Crippen LogP contribution is 2.30. The molecule has 0 unspecified atom stereocenters. The van der Waals surface area contributed by atoms with E-state index < -0.39 is 10.0 Å². The summed E-state index contributed by atoms with van der Waals surface area (Å²) in [5.74, 6) is 0.834. The number of nitrogens with zero attached hydrogens (tertiary/aromatic N) is 3. The average Bonchev–Trinajstić information content (AvgIpc) is 2.64. The number of piperidine rings is 1. The summed E-state index contributed by atoms with van der Waals surface area (Å²) in [6.45, 7) is 4.51. The fraction of sp³-hybridized carbons (Fsp3) is 0.444. The van der Waals surface area contributed by atoms with Crippen molar-refractivity contribution in [3.8, 4) is 11.6 Å². The molecule has 0 N–H and O–H groups in total. The SMILES string of the molecule is COc1ccc(C)cc1S(=O)(=O)N1CCC(Oc2ccc(C)nn2)CC1. The van der Waals surface area contributed by atoms with Crippen molar-refractivity contribution in [3.63, 3.8) is 0 Å². The Morgan fingerprint density at radius 2 is 1.81 bits per heavy atom. The van der Waals surface area contributed by atoms with Crippen molar-refractivity contribution in [2.45, 2.75) is 37.7 Å². The minimum absolute atomic E-state index is 0.0714. The van der Waals surface area contributed by atoms with Crippen molar-refractivity contribution < 1.29 is 17.9 Å². The van der Waals surface area contributed by atoms with Crippen LogP contribution in [0.25, 0.3) is 0 Å². The summed E-state index contributed by atoms with van der Waals surface area (Å²) >= 11 is 0. The van der Waals surface area contributed by atoms with E-state index >= 15 is 0 Å². The molecule has 0 bridgehead atoms. The summed E-state index contributed by atoms with van der Waals surface area (Å²) in [5.41, 5.74) is 1.70. The Bertz CT molecular complexity index is 861. The monoisotopic (exact) mass is 377 g/mol. The van der Waals surface area contributed by atoms with Gasteiger partial charge < -0.3 is 9.47 Å². The van der Waals surface area contributed by atoms with Gasteiger partial charge in [0.15, 0.2) is 0 Å². The molecule has 3 rings (SSSR count). The summed E-state index contributed by atoms with van der Waals surface area (Å²) < 4.78 is 38.6. The van der Waals surface area contributed by atoms with E-state index in [1.807, 2.05) is 26.0 Å². The molecule has 0 spiro atoms. The summed E-state index contributed by atoms with van der Waals surface area (Å²) in [7, 11) is -2.13. The second kappa shape index (κ2) is 7.59. The minimum atomic E-state index is -3.60. The van der Waals surface area contributed by atoms with Gasteiger partial charge in [-0.3, -0.25) is 0 Å². The van der Waals surface area contributed by atoms with Gasteiger partial charge >= 0.3 is 0 Å². The third kappa shape index (κ3) is 3.96. The first-order valence-corrected chi connectivity index (χ1v) is 9.96. The Kier molecular flexibility index (Phi) is 5.43. The van der Waals surface area contributed by atoms with Gasteiger partial charge in [0.1, 0.15) is 16.7 Å². The number of rotatable bonds is 5. The van der Waals surface area contributed by atoms with Crippen LogP contribution < -0.4 is 9.47 Å². The zero-order chi connectivity index (χ0) is 18.7. The third-order valence-corrected chi connectivity index (χ3v) is 6.32. The van der Waals surface area contributed by atoms with Gasteiger partial charge in [-0.15, -0.1) is 5.10 Å². The predicted molar refractivity (Wildman–Crippen MR) is 96.9 cm³/mol. The van der Waals surface area contributed by atoms with Crippen LogP contribution in [0.4, 0.5) is 0 Å². The molecule has 0 saturated carbocycles. The Balaban J connectivity index is 1.69.